The minimum Gasteiger partial charge on any atom is -0.355 e. The molecule has 0 saturated heterocycles. The smallest absolute Gasteiger partial charge is 0.228 e. The van der Waals surface area contributed by atoms with Crippen LogP contribution in [0.1, 0.15) is 12.8 Å². The number of carbonyl (C=O) groups is 1. The van der Waals surface area contributed by atoms with Crippen LogP contribution in [-0.4, -0.2) is 36.2 Å². The van der Waals surface area contributed by atoms with E-state index in [0.29, 0.717) is 25.4 Å². The summed E-state index contributed by atoms with van der Waals surface area (Å²) in [6.07, 6.45) is 1.92. The molecule has 1 atom stereocenters. The molecule has 0 saturated carbocycles. The fourth-order valence-corrected chi connectivity index (χ4v) is 1.17. The highest BCUT2D eigenvalue weighted by atomic mass is 16.5. The number of hydrogen-bond acceptors (Lipinski definition) is 5. The highest BCUT2D eigenvalue weighted by Crippen LogP contribution is 1.94. The molecule has 1 amide bonds. The number of nitrogens with zero attached hydrogens (tertiary/aromatic N) is 2. The first kappa shape index (κ1) is 11.6. The number of hydrogen-bond donors (Lipinski definition) is 2. The molecule has 1 unspecified atom stereocenters. The average Bonchev–Trinajstić information content (AvgIpc) is 2.71. The van der Waals surface area contributed by atoms with E-state index < -0.39 is 0 Å². The van der Waals surface area contributed by atoms with Crippen molar-refractivity contribution in [1.29, 1.82) is 0 Å². The van der Waals surface area contributed by atoms with Crippen molar-refractivity contribution in [3.8, 4) is 0 Å². The van der Waals surface area contributed by atoms with Gasteiger partial charge in [-0.3, -0.25) is 4.79 Å². The summed E-state index contributed by atoms with van der Waals surface area (Å²) >= 11 is 0. The Hall–Kier alpha value is -1.43. The molecule has 0 aliphatic heterocycles. The molecule has 0 aliphatic rings. The van der Waals surface area contributed by atoms with Gasteiger partial charge in [0.05, 0.1) is 0 Å². The largest absolute Gasteiger partial charge is 0.355 e. The van der Waals surface area contributed by atoms with Gasteiger partial charge in [0, 0.05) is 25.4 Å². The lowest BCUT2D eigenvalue weighted by Crippen LogP contribution is -2.35. The van der Waals surface area contributed by atoms with Crippen LogP contribution in [0, 0.1) is 5.92 Å². The molecule has 1 rings (SSSR count). The lowest BCUT2D eigenvalue weighted by Gasteiger charge is -2.10. The third-order valence-corrected chi connectivity index (χ3v) is 2.00. The molecule has 1 aromatic rings. The van der Waals surface area contributed by atoms with Crippen LogP contribution in [0.2, 0.25) is 0 Å². The van der Waals surface area contributed by atoms with Crippen molar-refractivity contribution in [2.24, 2.45) is 5.92 Å². The van der Waals surface area contributed by atoms with Crippen molar-refractivity contribution in [2.45, 2.75) is 13.3 Å². The van der Waals surface area contributed by atoms with Crippen LogP contribution in [0.3, 0.4) is 0 Å². The number of aromatic nitrogens is 2. The van der Waals surface area contributed by atoms with Crippen LogP contribution in [0.25, 0.3) is 0 Å². The first-order chi connectivity index (χ1) is 7.24. The highest BCUT2D eigenvalue weighted by molar-refractivity contribution is 5.78. The summed E-state index contributed by atoms with van der Waals surface area (Å²) < 4.78 is 4.80. The second-order valence-corrected chi connectivity index (χ2v) is 3.33. The molecule has 0 radical (unpaired) electrons. The first-order valence-corrected chi connectivity index (χ1v) is 4.92. The van der Waals surface area contributed by atoms with Gasteiger partial charge in [-0.2, -0.15) is 4.98 Å². The van der Waals surface area contributed by atoms with Crippen molar-refractivity contribution < 1.29 is 9.32 Å². The maximum Gasteiger partial charge on any atom is 0.228 e. The summed E-state index contributed by atoms with van der Waals surface area (Å²) in [5, 5.41) is 9.23. The molecule has 6 heteroatoms. The Morgan fingerprint density at radius 2 is 2.47 bits per heavy atom. The van der Waals surface area contributed by atoms with Crippen LogP contribution >= 0.6 is 0 Å². The number of rotatable bonds is 6. The van der Waals surface area contributed by atoms with E-state index in [1.165, 1.54) is 6.33 Å². The molecule has 2 N–H and O–H groups in total. The Morgan fingerprint density at radius 1 is 1.67 bits per heavy atom. The first-order valence-electron chi connectivity index (χ1n) is 4.92. The Bertz CT molecular complexity index is 286. The normalized spacial score (nSPS) is 12.4. The molecular weight excluding hydrogens is 196 g/mol. The van der Waals surface area contributed by atoms with Crippen molar-refractivity contribution in [3.63, 3.8) is 0 Å². The summed E-state index contributed by atoms with van der Waals surface area (Å²) in [5.41, 5.74) is 0. The van der Waals surface area contributed by atoms with Crippen molar-refractivity contribution in [1.82, 2.24) is 20.8 Å². The average molecular weight is 212 g/mol. The molecule has 15 heavy (non-hydrogen) atoms. The van der Waals surface area contributed by atoms with Crippen LogP contribution in [-0.2, 0) is 11.2 Å². The van der Waals surface area contributed by atoms with Gasteiger partial charge >= 0.3 is 0 Å². The summed E-state index contributed by atoms with van der Waals surface area (Å²) in [6.45, 7) is 3.07. The van der Waals surface area contributed by atoms with Gasteiger partial charge in [0.25, 0.3) is 0 Å². The second kappa shape index (κ2) is 6.13. The van der Waals surface area contributed by atoms with Gasteiger partial charge in [-0.1, -0.05) is 12.1 Å². The van der Waals surface area contributed by atoms with Crippen molar-refractivity contribution in [3.05, 3.63) is 12.2 Å². The lowest BCUT2D eigenvalue weighted by atomic mass is 10.1. The van der Waals surface area contributed by atoms with Gasteiger partial charge in [-0.05, 0) is 7.05 Å². The highest BCUT2D eigenvalue weighted by Gasteiger charge is 2.11. The van der Waals surface area contributed by atoms with E-state index in [1.54, 1.807) is 0 Å². The van der Waals surface area contributed by atoms with Gasteiger partial charge in [0.2, 0.25) is 11.8 Å². The van der Waals surface area contributed by atoms with Gasteiger partial charge in [0.15, 0.2) is 6.33 Å². The summed E-state index contributed by atoms with van der Waals surface area (Å²) in [7, 11) is 1.82. The lowest BCUT2D eigenvalue weighted by molar-refractivity contribution is -0.124. The van der Waals surface area contributed by atoms with Crippen LogP contribution < -0.4 is 10.6 Å². The predicted octanol–water partition coefficient (Wildman–Crippen LogP) is -0.416. The van der Waals surface area contributed by atoms with Crippen molar-refractivity contribution in [2.75, 3.05) is 20.1 Å². The molecule has 6 nitrogen and oxygen atoms in total. The van der Waals surface area contributed by atoms with E-state index in [2.05, 4.69) is 20.8 Å². The maximum absolute atomic E-state index is 11.4. The van der Waals surface area contributed by atoms with Crippen LogP contribution in [0.4, 0.5) is 0 Å². The van der Waals surface area contributed by atoms with E-state index in [-0.39, 0.29) is 11.8 Å². The number of carbonyl (C=O) groups excluding carboxylic acids is 1. The number of nitrogens with one attached hydrogen (secondary N) is 2. The zero-order chi connectivity index (χ0) is 11.1. The van der Waals surface area contributed by atoms with Gasteiger partial charge in [0.1, 0.15) is 0 Å². The molecule has 0 fully saturated rings. The molecule has 84 valence electrons. The van der Waals surface area contributed by atoms with Gasteiger partial charge in [-0.15, -0.1) is 0 Å². The fraction of sp³-hybridized carbons (Fsp3) is 0.667. The van der Waals surface area contributed by atoms with E-state index >= 15 is 0 Å². The summed E-state index contributed by atoms with van der Waals surface area (Å²) in [5.74, 6) is 0.540. The van der Waals surface area contributed by atoms with Gasteiger partial charge in [-0.25, -0.2) is 0 Å². The van der Waals surface area contributed by atoms with Gasteiger partial charge < -0.3 is 15.2 Å². The molecular formula is C9H16N4O2. The minimum absolute atomic E-state index is 0.0299. The fourth-order valence-electron chi connectivity index (χ4n) is 1.17. The number of amides is 1. The zero-order valence-corrected chi connectivity index (χ0v) is 8.99. The standard InChI is InChI=1S/C9H16N4O2/c1-7(5-10-2)9(14)11-4-3-8-12-6-13-15-8/h6-7,10H,3-5H2,1-2H3,(H,11,14). The Balaban J connectivity index is 2.17. The summed E-state index contributed by atoms with van der Waals surface area (Å²) in [4.78, 5) is 15.3. The van der Waals surface area contributed by atoms with E-state index in [0.717, 1.165) is 0 Å². The third kappa shape index (κ3) is 4.07. The van der Waals surface area contributed by atoms with Crippen LogP contribution in [0.5, 0.6) is 0 Å². The third-order valence-electron chi connectivity index (χ3n) is 2.00. The zero-order valence-electron chi connectivity index (χ0n) is 8.99. The predicted molar refractivity (Wildman–Crippen MR) is 54.1 cm³/mol. The van der Waals surface area contributed by atoms with Crippen molar-refractivity contribution >= 4 is 5.91 Å². The van der Waals surface area contributed by atoms with E-state index in [4.69, 9.17) is 4.52 Å². The SMILES string of the molecule is CNCC(C)C(=O)NCCc1ncno1. The Kier molecular flexibility index (Phi) is 4.76. The van der Waals surface area contributed by atoms with Crippen LogP contribution in [0.15, 0.2) is 10.9 Å². The summed E-state index contributed by atoms with van der Waals surface area (Å²) in [6, 6.07) is 0. The quantitative estimate of drug-likeness (QED) is 0.669. The monoisotopic (exact) mass is 212 g/mol. The molecule has 0 bridgehead atoms. The molecule has 1 heterocycles. The van der Waals surface area contributed by atoms with E-state index in [9.17, 15) is 4.79 Å². The minimum atomic E-state index is -0.0299. The molecule has 1 aromatic heterocycles. The molecule has 0 spiro atoms. The van der Waals surface area contributed by atoms with E-state index in [1.807, 2.05) is 14.0 Å². The Morgan fingerprint density at radius 3 is 3.07 bits per heavy atom. The topological polar surface area (TPSA) is 80.0 Å². The molecule has 0 aliphatic carbocycles. The molecule has 0 aromatic carbocycles. The Labute approximate surface area is 88.4 Å². The maximum atomic E-state index is 11.4. The second-order valence-electron chi connectivity index (χ2n) is 3.33.